The lowest BCUT2D eigenvalue weighted by molar-refractivity contribution is 0.0620. The van der Waals surface area contributed by atoms with Gasteiger partial charge in [-0.05, 0) is 55.0 Å². The number of nitrogens with zero attached hydrogens (tertiary/aromatic N) is 1. The smallest absolute Gasteiger partial charge is 0.251 e. The molecule has 3 aliphatic rings. The monoisotopic (exact) mass is 286 g/mol. The van der Waals surface area contributed by atoms with E-state index in [2.05, 4.69) is 43.1 Å². The second-order valence-corrected chi connectivity index (χ2v) is 7.55. The Bertz CT molecular complexity index is 507. The van der Waals surface area contributed by atoms with Crippen LogP contribution in [0.25, 0.3) is 0 Å². The summed E-state index contributed by atoms with van der Waals surface area (Å²) in [6.45, 7) is 10.0. The number of carbonyl (C=O) groups excluding carboxylic acids is 1. The summed E-state index contributed by atoms with van der Waals surface area (Å²) >= 11 is 0. The van der Waals surface area contributed by atoms with E-state index in [1.54, 1.807) is 0 Å². The quantitative estimate of drug-likeness (QED) is 0.906. The maximum Gasteiger partial charge on any atom is 0.251 e. The number of amides is 1. The standard InChI is InChI=1S/C18H26N2O/c1-18(2,3)15-6-4-14(5-7-15)17(21)19-16-12-20-10-8-13(16)9-11-20/h4-7,13,16H,8-12H2,1-3H3,(H,19,21)/t16-/m0/s1. The van der Waals surface area contributed by atoms with Crippen LogP contribution in [0, 0.1) is 5.92 Å². The lowest BCUT2D eigenvalue weighted by Crippen LogP contribution is -2.57. The summed E-state index contributed by atoms with van der Waals surface area (Å²) in [5.74, 6) is 0.752. The molecule has 0 spiro atoms. The molecule has 1 aromatic carbocycles. The molecule has 21 heavy (non-hydrogen) atoms. The van der Waals surface area contributed by atoms with Gasteiger partial charge in [0.05, 0.1) is 0 Å². The molecular weight excluding hydrogens is 260 g/mol. The Balaban J connectivity index is 1.65. The van der Waals surface area contributed by atoms with E-state index in [-0.39, 0.29) is 11.3 Å². The zero-order valence-electron chi connectivity index (χ0n) is 13.4. The summed E-state index contributed by atoms with van der Waals surface area (Å²) < 4.78 is 0. The van der Waals surface area contributed by atoms with Crippen molar-refractivity contribution in [3.8, 4) is 0 Å². The fourth-order valence-electron chi connectivity index (χ4n) is 3.50. The molecule has 4 rings (SSSR count). The molecule has 3 nitrogen and oxygen atoms in total. The highest BCUT2D eigenvalue weighted by Gasteiger charge is 2.34. The van der Waals surface area contributed by atoms with Gasteiger partial charge in [-0.2, -0.15) is 0 Å². The zero-order chi connectivity index (χ0) is 15.0. The van der Waals surface area contributed by atoms with Crippen molar-refractivity contribution < 1.29 is 4.79 Å². The van der Waals surface area contributed by atoms with E-state index in [0.717, 1.165) is 12.1 Å². The van der Waals surface area contributed by atoms with Gasteiger partial charge in [0.25, 0.3) is 5.91 Å². The molecule has 0 unspecified atom stereocenters. The van der Waals surface area contributed by atoms with Gasteiger partial charge in [-0.1, -0.05) is 32.9 Å². The van der Waals surface area contributed by atoms with Gasteiger partial charge in [0.2, 0.25) is 0 Å². The molecule has 0 saturated carbocycles. The molecule has 1 amide bonds. The van der Waals surface area contributed by atoms with E-state index in [0.29, 0.717) is 12.0 Å². The second kappa shape index (κ2) is 5.45. The van der Waals surface area contributed by atoms with Crippen molar-refractivity contribution in [3.63, 3.8) is 0 Å². The van der Waals surface area contributed by atoms with E-state index >= 15 is 0 Å². The zero-order valence-corrected chi connectivity index (χ0v) is 13.4. The molecule has 3 heteroatoms. The van der Waals surface area contributed by atoms with Crippen molar-refractivity contribution in [2.24, 2.45) is 5.92 Å². The first kappa shape index (κ1) is 14.6. The number of hydrogen-bond donors (Lipinski definition) is 1. The molecule has 1 aromatic rings. The number of benzene rings is 1. The van der Waals surface area contributed by atoms with Crippen LogP contribution in [0.15, 0.2) is 24.3 Å². The molecule has 3 fully saturated rings. The molecule has 114 valence electrons. The summed E-state index contributed by atoms with van der Waals surface area (Å²) in [6, 6.07) is 8.40. The summed E-state index contributed by atoms with van der Waals surface area (Å²) in [4.78, 5) is 14.9. The average molecular weight is 286 g/mol. The fourth-order valence-corrected chi connectivity index (χ4v) is 3.50. The van der Waals surface area contributed by atoms with E-state index < -0.39 is 0 Å². The predicted molar refractivity (Wildman–Crippen MR) is 85.6 cm³/mol. The second-order valence-electron chi connectivity index (χ2n) is 7.55. The Kier molecular flexibility index (Phi) is 3.78. The SMILES string of the molecule is CC(C)(C)c1ccc(C(=O)N[C@H]2CN3CCC2CC3)cc1. The molecular formula is C18H26N2O. The first-order valence-corrected chi connectivity index (χ1v) is 8.07. The van der Waals surface area contributed by atoms with Crippen LogP contribution >= 0.6 is 0 Å². The minimum atomic E-state index is 0.0780. The number of fused-ring (bicyclic) bond motifs is 3. The van der Waals surface area contributed by atoms with Crippen LogP contribution in [0.1, 0.15) is 49.5 Å². The minimum absolute atomic E-state index is 0.0780. The topological polar surface area (TPSA) is 32.3 Å². The van der Waals surface area contributed by atoms with E-state index in [4.69, 9.17) is 0 Å². The van der Waals surface area contributed by atoms with Gasteiger partial charge in [0.15, 0.2) is 0 Å². The molecule has 3 heterocycles. The molecule has 3 saturated heterocycles. The predicted octanol–water partition coefficient (Wildman–Crippen LogP) is 2.81. The summed E-state index contributed by atoms with van der Waals surface area (Å²) in [6.07, 6.45) is 2.46. The van der Waals surface area contributed by atoms with Crippen molar-refractivity contribution in [3.05, 3.63) is 35.4 Å². The first-order valence-electron chi connectivity index (χ1n) is 8.07. The molecule has 0 radical (unpaired) electrons. The molecule has 0 aliphatic carbocycles. The highest BCUT2D eigenvalue weighted by molar-refractivity contribution is 5.94. The van der Waals surface area contributed by atoms with E-state index in [1.165, 1.54) is 31.5 Å². The lowest BCUT2D eigenvalue weighted by atomic mass is 9.84. The van der Waals surface area contributed by atoms with Gasteiger partial charge in [-0.25, -0.2) is 0 Å². The van der Waals surface area contributed by atoms with Gasteiger partial charge < -0.3 is 10.2 Å². The summed E-state index contributed by atoms with van der Waals surface area (Å²) in [5.41, 5.74) is 2.17. The molecule has 1 N–H and O–H groups in total. The normalized spacial score (nSPS) is 28.4. The maximum atomic E-state index is 12.4. The third kappa shape index (κ3) is 3.13. The minimum Gasteiger partial charge on any atom is -0.348 e. The van der Waals surface area contributed by atoms with Gasteiger partial charge in [0, 0.05) is 18.2 Å². The Hall–Kier alpha value is -1.35. The first-order chi connectivity index (χ1) is 9.93. The Morgan fingerprint density at radius 3 is 2.24 bits per heavy atom. The van der Waals surface area contributed by atoms with Crippen LogP contribution in [0.3, 0.4) is 0 Å². The van der Waals surface area contributed by atoms with Crippen LogP contribution in [-0.2, 0) is 5.41 Å². The number of carbonyl (C=O) groups is 1. The largest absolute Gasteiger partial charge is 0.348 e. The fraction of sp³-hybridized carbons (Fsp3) is 0.611. The third-order valence-electron chi connectivity index (χ3n) is 4.99. The van der Waals surface area contributed by atoms with Crippen LogP contribution < -0.4 is 5.32 Å². The highest BCUT2D eigenvalue weighted by Crippen LogP contribution is 2.28. The van der Waals surface area contributed by atoms with Crippen molar-refractivity contribution in [1.82, 2.24) is 10.2 Å². The van der Waals surface area contributed by atoms with E-state index in [1.807, 2.05) is 12.1 Å². The van der Waals surface area contributed by atoms with Crippen LogP contribution in [0.5, 0.6) is 0 Å². The third-order valence-corrected chi connectivity index (χ3v) is 4.99. The highest BCUT2D eigenvalue weighted by atomic mass is 16.1. The Morgan fingerprint density at radius 2 is 1.76 bits per heavy atom. The lowest BCUT2D eigenvalue weighted by Gasteiger charge is -2.44. The summed E-state index contributed by atoms with van der Waals surface area (Å²) in [5, 5.41) is 3.24. The number of rotatable bonds is 2. The van der Waals surface area contributed by atoms with Gasteiger partial charge in [0.1, 0.15) is 0 Å². The van der Waals surface area contributed by atoms with Crippen LogP contribution in [-0.4, -0.2) is 36.5 Å². The number of nitrogens with one attached hydrogen (secondary N) is 1. The average Bonchev–Trinajstić information content (AvgIpc) is 2.48. The van der Waals surface area contributed by atoms with Gasteiger partial charge >= 0.3 is 0 Å². The van der Waals surface area contributed by atoms with Crippen molar-refractivity contribution in [2.45, 2.75) is 45.1 Å². The van der Waals surface area contributed by atoms with Crippen LogP contribution in [0.4, 0.5) is 0 Å². The van der Waals surface area contributed by atoms with Crippen molar-refractivity contribution in [2.75, 3.05) is 19.6 Å². The Labute approximate surface area is 127 Å². The number of hydrogen-bond acceptors (Lipinski definition) is 2. The van der Waals surface area contributed by atoms with Crippen LogP contribution in [0.2, 0.25) is 0 Å². The van der Waals surface area contributed by atoms with E-state index in [9.17, 15) is 4.79 Å². The molecule has 1 atom stereocenters. The van der Waals surface area contributed by atoms with Gasteiger partial charge in [-0.15, -0.1) is 0 Å². The Morgan fingerprint density at radius 1 is 1.14 bits per heavy atom. The molecule has 3 aliphatic heterocycles. The molecule has 0 aromatic heterocycles. The van der Waals surface area contributed by atoms with Gasteiger partial charge in [-0.3, -0.25) is 4.79 Å². The maximum absolute atomic E-state index is 12.4. The van der Waals surface area contributed by atoms with Crippen molar-refractivity contribution >= 4 is 5.91 Å². The molecule has 2 bridgehead atoms. The van der Waals surface area contributed by atoms with Crippen molar-refractivity contribution in [1.29, 1.82) is 0 Å². The summed E-state index contributed by atoms with van der Waals surface area (Å²) in [7, 11) is 0. The number of piperidine rings is 3.